The lowest BCUT2D eigenvalue weighted by Crippen LogP contribution is -2.61. The molecule has 0 atom stereocenters. The third-order valence-corrected chi connectivity index (χ3v) is 24.3. The number of furan rings is 2. The van der Waals surface area contributed by atoms with E-state index in [0.29, 0.717) is 0 Å². The van der Waals surface area contributed by atoms with Gasteiger partial charge < -0.3 is 27.8 Å². The third kappa shape index (κ3) is 9.97. The second-order valence-electron chi connectivity index (χ2n) is 30.5. The molecule has 0 saturated heterocycles. The Labute approximate surface area is 663 Å². The highest BCUT2D eigenvalue weighted by Gasteiger charge is 2.46. The van der Waals surface area contributed by atoms with Crippen LogP contribution in [-0.2, 0) is 0 Å². The van der Waals surface area contributed by atoms with Gasteiger partial charge >= 0.3 is 0 Å². The van der Waals surface area contributed by atoms with Gasteiger partial charge in [-0.2, -0.15) is 0 Å². The van der Waals surface area contributed by atoms with Gasteiger partial charge in [-0.3, -0.25) is 0 Å². The molecule has 18 aromatic carbocycles. The van der Waals surface area contributed by atoms with E-state index in [9.17, 15) is 0 Å². The van der Waals surface area contributed by atoms with Crippen molar-refractivity contribution in [2.45, 2.75) is 0 Å². The van der Waals surface area contributed by atoms with E-state index >= 15 is 0 Å². The Morgan fingerprint density at radius 1 is 0.200 bits per heavy atom. The molecule has 0 spiro atoms. The van der Waals surface area contributed by atoms with Crippen molar-refractivity contribution in [2.24, 2.45) is 0 Å². The fraction of sp³-hybridized carbons (Fsp3) is 0. The van der Waals surface area contributed by atoms with Crippen LogP contribution in [0.5, 0.6) is 0 Å². The van der Waals surface area contributed by atoms with E-state index < -0.39 is 6.71 Å². The summed E-state index contributed by atoms with van der Waals surface area (Å²) in [6.45, 7) is -0.397. The minimum Gasteiger partial charge on any atom is -0.455 e. The lowest BCUT2D eigenvalue weighted by Gasteiger charge is -2.46. The number of benzene rings is 18. The van der Waals surface area contributed by atoms with Gasteiger partial charge in [0.1, 0.15) is 22.3 Å². The van der Waals surface area contributed by atoms with Gasteiger partial charge in [0.15, 0.2) is 0 Å². The summed E-state index contributed by atoms with van der Waals surface area (Å²) in [6.07, 6.45) is 0. The van der Waals surface area contributed by atoms with E-state index in [4.69, 9.17) is 8.83 Å². The standard InChI is InChI=1S/C108H67BN4O2/c1-5-29-68(30-6-1)78-43-25-44-79(69-31-7-2-8-32-69)105(78)112-98-59-57-72(82-47-27-49-90-88-41-17-23-55-102(88)114-107(82)90)63-92(98)109-93-64-73(83-48-28-50-91-89-42-18-24-56-103(89)115-108(83)91)58-60-99(93)113(106-80(70-33-9-3-10-34-70)45-26-46-81(106)71-35-11-4-12-36-71)101-66-75(65-100(112)104(101)109)74-61-76(110-94-51-19-13-37-84(94)85-38-14-20-52-95(85)110)67-77(62-74)111-96-53-21-15-39-86(96)87-40-16-22-54-97(87)111/h1-67H. The molecule has 0 unspecified atom stereocenters. The highest BCUT2D eigenvalue weighted by Crippen LogP contribution is 2.55. The van der Waals surface area contributed by atoms with Crippen LogP contribution in [0.1, 0.15) is 0 Å². The SMILES string of the molecule is c1ccc(-c2cccc(-c3ccccc3)c2N2c3ccc(-c4cccc5c4oc4ccccc45)cc3B3c4cc(-c5cccc6c5oc5ccccc56)ccc4N(c4c(-c5ccccc5)cccc4-c4ccccc4)c4cc(-c5cc(-n6c7ccccc7c7ccccc76)cc(-n6c7ccccc7c7ccccc76)c5)cc2c43)cc1. The number of hydrogen-bond donors (Lipinski definition) is 0. The lowest BCUT2D eigenvalue weighted by atomic mass is 9.33. The Morgan fingerprint density at radius 3 is 0.878 bits per heavy atom. The molecule has 534 valence electrons. The van der Waals surface area contributed by atoms with Crippen LogP contribution in [0.4, 0.5) is 34.1 Å². The van der Waals surface area contributed by atoms with Crippen LogP contribution >= 0.6 is 0 Å². The van der Waals surface area contributed by atoms with Crippen molar-refractivity contribution in [3.63, 3.8) is 0 Å². The molecule has 115 heavy (non-hydrogen) atoms. The summed E-state index contributed by atoms with van der Waals surface area (Å²) < 4.78 is 19.1. The summed E-state index contributed by atoms with van der Waals surface area (Å²) in [5.74, 6) is 0. The van der Waals surface area contributed by atoms with Gasteiger partial charge in [-0.15, -0.1) is 0 Å². The van der Waals surface area contributed by atoms with Gasteiger partial charge in [-0.1, -0.05) is 328 Å². The highest BCUT2D eigenvalue weighted by molar-refractivity contribution is 7.00. The molecule has 0 aliphatic carbocycles. The van der Waals surface area contributed by atoms with Gasteiger partial charge in [0.25, 0.3) is 6.71 Å². The van der Waals surface area contributed by atoms with Crippen molar-refractivity contribution in [1.82, 2.24) is 9.13 Å². The maximum atomic E-state index is 7.05. The number of aromatic nitrogens is 2. The second-order valence-corrected chi connectivity index (χ2v) is 30.5. The molecule has 22 aromatic rings. The first-order chi connectivity index (χ1) is 57.1. The molecule has 24 rings (SSSR count). The van der Waals surface area contributed by atoms with Crippen molar-refractivity contribution >= 4 is 145 Å². The molecular formula is C108H67BN4O2. The average molecular weight is 1460 g/mol. The summed E-state index contributed by atoms with van der Waals surface area (Å²) in [7, 11) is 0. The minimum atomic E-state index is -0.397. The van der Waals surface area contributed by atoms with Gasteiger partial charge in [-0.05, 0) is 140 Å². The third-order valence-electron chi connectivity index (χ3n) is 24.3. The first-order valence-electron chi connectivity index (χ1n) is 39.6. The number of anilines is 6. The molecule has 6 heterocycles. The number of fused-ring (bicyclic) bond motifs is 16. The fourth-order valence-electron chi connectivity index (χ4n) is 19.3. The summed E-state index contributed by atoms with van der Waals surface area (Å²) in [6, 6.07) is 151. The predicted octanol–water partition coefficient (Wildman–Crippen LogP) is 27.4. The van der Waals surface area contributed by atoms with Crippen molar-refractivity contribution in [3.8, 4) is 89.3 Å². The number of para-hydroxylation sites is 10. The Morgan fingerprint density at radius 2 is 0.504 bits per heavy atom. The zero-order chi connectivity index (χ0) is 75.3. The summed E-state index contributed by atoms with van der Waals surface area (Å²) >= 11 is 0. The Kier molecular flexibility index (Phi) is 14.4. The first kappa shape index (κ1) is 64.6. The maximum absolute atomic E-state index is 7.05. The molecule has 0 fully saturated rings. The molecule has 0 bridgehead atoms. The molecule has 4 aromatic heterocycles. The molecule has 2 aliphatic rings. The average Bonchev–Trinajstić information content (AvgIpc) is 1.38. The monoisotopic (exact) mass is 1460 g/mol. The zero-order valence-electron chi connectivity index (χ0n) is 62.4. The summed E-state index contributed by atoms with van der Waals surface area (Å²) in [5, 5.41) is 9.12. The topological polar surface area (TPSA) is 42.6 Å². The quantitative estimate of drug-likeness (QED) is 0.121. The van der Waals surface area contributed by atoms with Gasteiger partial charge in [0.2, 0.25) is 0 Å². The predicted molar refractivity (Wildman–Crippen MR) is 482 cm³/mol. The van der Waals surface area contributed by atoms with Crippen LogP contribution < -0.4 is 26.2 Å². The zero-order valence-corrected chi connectivity index (χ0v) is 62.4. The highest BCUT2D eigenvalue weighted by atomic mass is 16.3. The van der Waals surface area contributed by atoms with Crippen molar-refractivity contribution in [3.05, 3.63) is 406 Å². The van der Waals surface area contributed by atoms with Gasteiger partial charge in [0.05, 0.1) is 33.4 Å². The number of nitrogens with zero attached hydrogens (tertiary/aromatic N) is 4. The molecule has 0 radical (unpaired) electrons. The van der Waals surface area contributed by atoms with E-state index in [2.05, 4.69) is 425 Å². The lowest BCUT2D eigenvalue weighted by molar-refractivity contribution is 0.669. The van der Waals surface area contributed by atoms with Gasteiger partial charge in [0, 0.05) is 111 Å². The molecule has 0 N–H and O–H groups in total. The molecule has 0 amide bonds. The molecular weight excluding hydrogens is 1400 g/mol. The maximum Gasteiger partial charge on any atom is 0.252 e. The van der Waals surface area contributed by atoms with Crippen LogP contribution in [0.3, 0.4) is 0 Å². The first-order valence-corrected chi connectivity index (χ1v) is 39.6. The van der Waals surface area contributed by atoms with Crippen LogP contribution in [0.25, 0.3) is 177 Å². The molecule has 6 nitrogen and oxygen atoms in total. The van der Waals surface area contributed by atoms with Gasteiger partial charge in [-0.25, -0.2) is 0 Å². The summed E-state index contributed by atoms with van der Waals surface area (Å²) in [5.41, 5.74) is 34.9. The van der Waals surface area contributed by atoms with Crippen LogP contribution in [0.15, 0.2) is 415 Å². The van der Waals surface area contributed by atoms with Crippen molar-refractivity contribution in [2.75, 3.05) is 9.80 Å². The van der Waals surface area contributed by atoms with Crippen molar-refractivity contribution < 1.29 is 8.83 Å². The van der Waals surface area contributed by atoms with E-state index in [1.165, 1.54) is 21.5 Å². The number of rotatable bonds is 11. The van der Waals surface area contributed by atoms with E-state index in [0.717, 1.165) is 206 Å². The van der Waals surface area contributed by atoms with Crippen LogP contribution in [0, 0.1) is 0 Å². The largest absolute Gasteiger partial charge is 0.455 e. The number of hydrogen-bond acceptors (Lipinski definition) is 4. The van der Waals surface area contributed by atoms with E-state index in [1.54, 1.807) is 0 Å². The second kappa shape index (κ2) is 25.7. The van der Waals surface area contributed by atoms with E-state index in [-0.39, 0.29) is 0 Å². The van der Waals surface area contributed by atoms with E-state index in [1.807, 2.05) is 0 Å². The fourth-order valence-corrected chi connectivity index (χ4v) is 19.3. The summed E-state index contributed by atoms with van der Waals surface area (Å²) in [4.78, 5) is 5.33. The Hall–Kier alpha value is -15.2. The molecule has 2 aliphatic heterocycles. The van der Waals surface area contributed by atoms with Crippen LogP contribution in [0.2, 0.25) is 0 Å². The van der Waals surface area contributed by atoms with Crippen molar-refractivity contribution in [1.29, 1.82) is 0 Å². The Balaban J connectivity index is 0.885. The smallest absolute Gasteiger partial charge is 0.252 e. The molecule has 7 heteroatoms. The van der Waals surface area contributed by atoms with Crippen LogP contribution in [-0.4, -0.2) is 15.8 Å². The minimum absolute atomic E-state index is 0.397. The Bertz CT molecular complexity index is 7070. The normalized spacial score (nSPS) is 12.5. The molecule has 0 saturated carbocycles.